The van der Waals surface area contributed by atoms with Gasteiger partial charge in [-0.25, -0.2) is 0 Å². The number of morpholine rings is 1. The zero-order valence-electron chi connectivity index (χ0n) is 13.7. The van der Waals surface area contributed by atoms with Crippen molar-refractivity contribution < 1.29 is 9.53 Å². The van der Waals surface area contributed by atoms with Gasteiger partial charge in [-0.15, -0.1) is 11.8 Å². The number of thioether (sulfide) groups is 1. The summed E-state index contributed by atoms with van der Waals surface area (Å²) in [6, 6.07) is 13.9. The SMILES string of the molecule is O=C(Nc1cc(Cl)ccc1N1CCOCC1)C1Cc2ccccc2S1. The van der Waals surface area contributed by atoms with E-state index in [1.54, 1.807) is 11.8 Å². The Bertz CT molecular complexity index is 768. The smallest absolute Gasteiger partial charge is 0.238 e. The summed E-state index contributed by atoms with van der Waals surface area (Å²) < 4.78 is 5.42. The molecule has 2 aliphatic rings. The fourth-order valence-corrected chi connectivity index (χ4v) is 4.60. The third kappa shape index (κ3) is 3.64. The molecule has 130 valence electrons. The van der Waals surface area contributed by atoms with Crippen LogP contribution in [0.15, 0.2) is 47.4 Å². The number of carbonyl (C=O) groups is 1. The van der Waals surface area contributed by atoms with Gasteiger partial charge in [-0.05, 0) is 36.2 Å². The maximum absolute atomic E-state index is 12.8. The zero-order valence-corrected chi connectivity index (χ0v) is 15.3. The van der Waals surface area contributed by atoms with E-state index in [4.69, 9.17) is 16.3 Å². The summed E-state index contributed by atoms with van der Waals surface area (Å²) in [5.74, 6) is 0.0259. The van der Waals surface area contributed by atoms with Gasteiger partial charge in [0.1, 0.15) is 0 Å². The summed E-state index contributed by atoms with van der Waals surface area (Å²) in [4.78, 5) is 16.2. The Balaban J connectivity index is 1.52. The molecule has 1 amide bonds. The molecular weight excluding hydrogens is 356 g/mol. The highest BCUT2D eigenvalue weighted by Crippen LogP contribution is 2.38. The van der Waals surface area contributed by atoms with E-state index in [2.05, 4.69) is 22.3 Å². The van der Waals surface area contributed by atoms with Crippen LogP contribution in [0.5, 0.6) is 0 Å². The van der Waals surface area contributed by atoms with Gasteiger partial charge in [-0.3, -0.25) is 4.79 Å². The van der Waals surface area contributed by atoms with Crippen LogP contribution in [0, 0.1) is 0 Å². The van der Waals surface area contributed by atoms with E-state index >= 15 is 0 Å². The molecule has 0 saturated carbocycles. The van der Waals surface area contributed by atoms with Crippen LogP contribution in [0.25, 0.3) is 0 Å². The fraction of sp³-hybridized carbons (Fsp3) is 0.316. The number of ether oxygens (including phenoxy) is 1. The second kappa shape index (κ2) is 7.28. The van der Waals surface area contributed by atoms with Gasteiger partial charge >= 0.3 is 0 Å². The molecule has 6 heteroatoms. The molecule has 4 nitrogen and oxygen atoms in total. The highest BCUT2D eigenvalue weighted by atomic mass is 35.5. The number of hydrogen-bond donors (Lipinski definition) is 1. The first kappa shape index (κ1) is 16.8. The van der Waals surface area contributed by atoms with Gasteiger partial charge in [-0.1, -0.05) is 29.8 Å². The molecule has 2 heterocycles. The van der Waals surface area contributed by atoms with E-state index in [9.17, 15) is 4.79 Å². The molecule has 1 fully saturated rings. The van der Waals surface area contributed by atoms with E-state index < -0.39 is 0 Å². The first-order chi connectivity index (χ1) is 12.2. The molecule has 1 saturated heterocycles. The predicted molar refractivity (Wildman–Crippen MR) is 103 cm³/mol. The Kier molecular flexibility index (Phi) is 4.88. The number of anilines is 2. The molecule has 2 aromatic carbocycles. The van der Waals surface area contributed by atoms with Crippen LogP contribution in [-0.4, -0.2) is 37.5 Å². The van der Waals surface area contributed by atoms with Crippen LogP contribution < -0.4 is 10.2 Å². The van der Waals surface area contributed by atoms with Gasteiger partial charge in [-0.2, -0.15) is 0 Å². The summed E-state index contributed by atoms with van der Waals surface area (Å²) in [7, 11) is 0. The predicted octanol–water partition coefficient (Wildman–Crippen LogP) is 3.83. The summed E-state index contributed by atoms with van der Waals surface area (Å²) in [6.45, 7) is 3.02. The van der Waals surface area contributed by atoms with Gasteiger partial charge in [0.15, 0.2) is 0 Å². The topological polar surface area (TPSA) is 41.6 Å². The van der Waals surface area contributed by atoms with E-state index in [0.29, 0.717) is 18.2 Å². The van der Waals surface area contributed by atoms with Crippen molar-refractivity contribution in [3.05, 3.63) is 53.1 Å². The Morgan fingerprint density at radius 1 is 1.20 bits per heavy atom. The number of nitrogens with one attached hydrogen (secondary N) is 1. The van der Waals surface area contributed by atoms with Crippen molar-refractivity contribution in [1.82, 2.24) is 0 Å². The molecule has 0 aliphatic carbocycles. The van der Waals surface area contributed by atoms with Crippen LogP contribution in [0.1, 0.15) is 5.56 Å². The third-order valence-electron chi connectivity index (χ3n) is 4.51. The monoisotopic (exact) mass is 374 g/mol. The normalized spacial score (nSPS) is 19.6. The van der Waals surface area contributed by atoms with Crippen molar-refractivity contribution in [2.24, 2.45) is 0 Å². The Morgan fingerprint density at radius 2 is 2.00 bits per heavy atom. The molecule has 4 rings (SSSR count). The number of rotatable bonds is 3. The molecule has 25 heavy (non-hydrogen) atoms. The minimum absolute atomic E-state index is 0.0259. The van der Waals surface area contributed by atoms with Crippen LogP contribution >= 0.6 is 23.4 Å². The second-order valence-corrected chi connectivity index (χ2v) is 7.85. The van der Waals surface area contributed by atoms with Gasteiger partial charge in [0.2, 0.25) is 5.91 Å². The summed E-state index contributed by atoms with van der Waals surface area (Å²) in [5.41, 5.74) is 3.02. The molecule has 0 aromatic heterocycles. The van der Waals surface area contributed by atoms with E-state index in [0.717, 1.165) is 30.9 Å². The number of carbonyl (C=O) groups excluding carboxylic acids is 1. The van der Waals surface area contributed by atoms with Gasteiger partial charge in [0.05, 0.1) is 29.8 Å². The Morgan fingerprint density at radius 3 is 2.80 bits per heavy atom. The quantitative estimate of drug-likeness (QED) is 0.886. The Labute approximate surface area is 156 Å². The van der Waals surface area contributed by atoms with Crippen molar-refractivity contribution in [1.29, 1.82) is 0 Å². The lowest BCUT2D eigenvalue weighted by Gasteiger charge is -2.30. The average molecular weight is 375 g/mol. The molecule has 0 bridgehead atoms. The minimum Gasteiger partial charge on any atom is -0.378 e. The third-order valence-corrected chi connectivity index (χ3v) is 6.06. The van der Waals surface area contributed by atoms with Crippen molar-refractivity contribution >= 4 is 40.6 Å². The fourth-order valence-electron chi connectivity index (χ4n) is 3.23. The highest BCUT2D eigenvalue weighted by Gasteiger charge is 2.28. The number of halogens is 1. The van der Waals surface area contributed by atoms with Crippen LogP contribution in [0.4, 0.5) is 11.4 Å². The molecule has 1 atom stereocenters. The van der Waals surface area contributed by atoms with Crippen molar-refractivity contribution in [2.45, 2.75) is 16.6 Å². The first-order valence-corrected chi connectivity index (χ1v) is 9.64. The maximum atomic E-state index is 12.8. The number of amides is 1. The maximum Gasteiger partial charge on any atom is 0.238 e. The largest absolute Gasteiger partial charge is 0.378 e. The van der Waals surface area contributed by atoms with Gasteiger partial charge in [0.25, 0.3) is 0 Å². The number of hydrogen-bond acceptors (Lipinski definition) is 4. The lowest BCUT2D eigenvalue weighted by molar-refractivity contribution is -0.115. The minimum atomic E-state index is -0.103. The zero-order chi connectivity index (χ0) is 17.2. The summed E-state index contributed by atoms with van der Waals surface area (Å²) >= 11 is 7.80. The molecule has 1 N–H and O–H groups in total. The summed E-state index contributed by atoms with van der Waals surface area (Å²) in [6.07, 6.45) is 0.764. The van der Waals surface area contributed by atoms with E-state index in [-0.39, 0.29) is 11.2 Å². The Hall–Kier alpha value is -1.69. The van der Waals surface area contributed by atoms with Gasteiger partial charge in [0, 0.05) is 23.0 Å². The van der Waals surface area contributed by atoms with Crippen LogP contribution in [0.2, 0.25) is 5.02 Å². The van der Waals surface area contributed by atoms with Crippen molar-refractivity contribution in [3.8, 4) is 0 Å². The van der Waals surface area contributed by atoms with Crippen LogP contribution in [0.3, 0.4) is 0 Å². The highest BCUT2D eigenvalue weighted by molar-refractivity contribution is 8.01. The number of benzene rings is 2. The molecule has 2 aromatic rings. The van der Waals surface area contributed by atoms with Crippen LogP contribution in [-0.2, 0) is 16.0 Å². The molecule has 0 radical (unpaired) electrons. The average Bonchev–Trinajstić information content (AvgIpc) is 3.07. The lowest BCUT2D eigenvalue weighted by atomic mass is 10.1. The standard InChI is InChI=1S/C19H19ClN2O2S/c20-14-5-6-16(22-7-9-24-10-8-22)15(12-14)21-19(23)18-11-13-3-1-2-4-17(13)25-18/h1-6,12,18H,7-11H2,(H,21,23). The van der Waals surface area contributed by atoms with Gasteiger partial charge < -0.3 is 15.0 Å². The molecule has 1 unspecified atom stereocenters. The lowest BCUT2D eigenvalue weighted by Crippen LogP contribution is -2.37. The first-order valence-electron chi connectivity index (χ1n) is 8.38. The molecule has 0 spiro atoms. The molecular formula is C19H19ClN2O2S. The van der Waals surface area contributed by atoms with E-state index in [1.165, 1.54) is 10.5 Å². The second-order valence-electron chi connectivity index (χ2n) is 6.17. The van der Waals surface area contributed by atoms with E-state index in [1.807, 2.05) is 30.3 Å². The van der Waals surface area contributed by atoms with Crippen molar-refractivity contribution in [2.75, 3.05) is 36.5 Å². The van der Waals surface area contributed by atoms with Crippen molar-refractivity contribution in [3.63, 3.8) is 0 Å². The number of nitrogens with zero attached hydrogens (tertiary/aromatic N) is 1. The molecule has 2 aliphatic heterocycles. The number of fused-ring (bicyclic) bond motifs is 1. The summed E-state index contributed by atoms with van der Waals surface area (Å²) in [5, 5.41) is 3.62.